The van der Waals surface area contributed by atoms with Gasteiger partial charge in [-0.15, -0.1) is 0 Å². The molecule has 6 heteroatoms. The van der Waals surface area contributed by atoms with Gasteiger partial charge in [-0.05, 0) is 36.6 Å². The zero-order chi connectivity index (χ0) is 18.9. The Morgan fingerprint density at radius 1 is 1.15 bits per heavy atom. The van der Waals surface area contributed by atoms with Crippen LogP contribution in [0.5, 0.6) is 0 Å². The lowest BCUT2D eigenvalue weighted by molar-refractivity contribution is -0.168. The van der Waals surface area contributed by atoms with Gasteiger partial charge in [0.15, 0.2) is 5.41 Å². The average Bonchev–Trinajstić information content (AvgIpc) is 3.08. The van der Waals surface area contributed by atoms with Crippen LogP contribution in [0.2, 0.25) is 0 Å². The van der Waals surface area contributed by atoms with Gasteiger partial charge in [0.1, 0.15) is 0 Å². The normalized spacial score (nSPS) is 14.2. The fourth-order valence-corrected chi connectivity index (χ4v) is 3.56. The smallest absolute Gasteiger partial charge is 0.323 e. The maximum absolute atomic E-state index is 12.4. The second-order valence-corrected chi connectivity index (χ2v) is 6.31. The van der Waals surface area contributed by atoms with Crippen molar-refractivity contribution in [3.8, 4) is 17.3 Å². The summed E-state index contributed by atoms with van der Waals surface area (Å²) < 4.78 is 9.76. The molecule has 2 aromatic rings. The van der Waals surface area contributed by atoms with E-state index >= 15 is 0 Å². The van der Waals surface area contributed by atoms with Gasteiger partial charge in [0.05, 0.1) is 31.5 Å². The third-order valence-electron chi connectivity index (χ3n) is 4.87. The predicted octanol–water partition coefficient (Wildman–Crippen LogP) is 2.36. The SMILES string of the molecule is COC(=O)C1(C(=O)OC)Cc2cc(-c3ccccc3C#N)nc(C)c2C1. The van der Waals surface area contributed by atoms with E-state index in [2.05, 4.69) is 11.1 Å². The van der Waals surface area contributed by atoms with Crippen molar-refractivity contribution in [1.29, 1.82) is 5.26 Å². The highest BCUT2D eigenvalue weighted by molar-refractivity contribution is 6.01. The molecule has 3 rings (SSSR count). The molecule has 0 N–H and O–H groups in total. The summed E-state index contributed by atoms with van der Waals surface area (Å²) in [6, 6.07) is 11.2. The van der Waals surface area contributed by atoms with Crippen LogP contribution in [0, 0.1) is 23.7 Å². The van der Waals surface area contributed by atoms with E-state index in [4.69, 9.17) is 9.47 Å². The van der Waals surface area contributed by atoms with Crippen LogP contribution in [-0.2, 0) is 31.9 Å². The summed E-state index contributed by atoms with van der Waals surface area (Å²) in [6.45, 7) is 1.84. The maximum atomic E-state index is 12.4. The van der Waals surface area contributed by atoms with Crippen molar-refractivity contribution in [2.45, 2.75) is 19.8 Å². The number of pyridine rings is 1. The van der Waals surface area contributed by atoms with Gasteiger partial charge in [0.2, 0.25) is 0 Å². The molecule has 0 aliphatic heterocycles. The van der Waals surface area contributed by atoms with Crippen LogP contribution in [0.3, 0.4) is 0 Å². The van der Waals surface area contributed by atoms with Crippen molar-refractivity contribution >= 4 is 11.9 Å². The number of nitriles is 1. The van der Waals surface area contributed by atoms with E-state index in [1.807, 2.05) is 25.1 Å². The van der Waals surface area contributed by atoms with Gasteiger partial charge >= 0.3 is 11.9 Å². The number of carbonyl (C=O) groups excluding carboxylic acids is 2. The molecule has 1 aromatic carbocycles. The standard InChI is InChI=1S/C20H18N2O4/c1-12-16-10-20(18(23)25-2,19(24)26-3)9-14(16)8-17(22-12)15-7-5-4-6-13(15)11-21/h4-8H,9-10H2,1-3H3. The fraction of sp³-hybridized carbons (Fsp3) is 0.300. The number of nitrogens with zero attached hydrogens (tertiary/aromatic N) is 2. The van der Waals surface area contributed by atoms with E-state index < -0.39 is 17.4 Å². The number of benzene rings is 1. The summed E-state index contributed by atoms with van der Waals surface area (Å²) >= 11 is 0. The summed E-state index contributed by atoms with van der Waals surface area (Å²) in [5.41, 5.74) is 2.91. The van der Waals surface area contributed by atoms with Crippen LogP contribution in [0.4, 0.5) is 0 Å². The highest BCUT2D eigenvalue weighted by Crippen LogP contribution is 2.41. The highest BCUT2D eigenvalue weighted by Gasteiger charge is 2.53. The van der Waals surface area contributed by atoms with Crippen molar-refractivity contribution < 1.29 is 19.1 Å². The van der Waals surface area contributed by atoms with Crippen molar-refractivity contribution in [2.75, 3.05) is 14.2 Å². The number of esters is 2. The molecule has 26 heavy (non-hydrogen) atoms. The van der Waals surface area contributed by atoms with Gasteiger partial charge in [0.25, 0.3) is 0 Å². The van der Waals surface area contributed by atoms with Gasteiger partial charge in [0, 0.05) is 17.7 Å². The third kappa shape index (κ3) is 2.62. The molecule has 0 spiro atoms. The molecule has 0 radical (unpaired) electrons. The monoisotopic (exact) mass is 350 g/mol. The number of aryl methyl sites for hydroxylation is 1. The van der Waals surface area contributed by atoms with E-state index in [9.17, 15) is 14.9 Å². The fourth-order valence-electron chi connectivity index (χ4n) is 3.56. The Labute approximate surface area is 151 Å². The highest BCUT2D eigenvalue weighted by atomic mass is 16.5. The van der Waals surface area contributed by atoms with Crippen LogP contribution in [0.1, 0.15) is 22.4 Å². The van der Waals surface area contributed by atoms with E-state index in [1.165, 1.54) is 14.2 Å². The first-order valence-corrected chi connectivity index (χ1v) is 8.12. The summed E-state index contributed by atoms with van der Waals surface area (Å²) in [5, 5.41) is 9.33. The number of methoxy groups -OCH3 is 2. The topological polar surface area (TPSA) is 89.3 Å². The number of rotatable bonds is 3. The number of fused-ring (bicyclic) bond motifs is 1. The Balaban J connectivity index is 2.12. The molecule has 1 aromatic heterocycles. The lowest BCUT2D eigenvalue weighted by atomic mass is 9.84. The molecule has 1 aliphatic rings. The summed E-state index contributed by atoms with van der Waals surface area (Å²) in [6.07, 6.45) is 0.382. The van der Waals surface area contributed by atoms with Gasteiger partial charge in [-0.25, -0.2) is 0 Å². The lowest BCUT2D eigenvalue weighted by Gasteiger charge is -2.22. The number of hydrogen-bond acceptors (Lipinski definition) is 6. The molecule has 1 aliphatic carbocycles. The molecule has 0 amide bonds. The van der Waals surface area contributed by atoms with Crippen molar-refractivity contribution in [2.24, 2.45) is 5.41 Å². The van der Waals surface area contributed by atoms with Gasteiger partial charge < -0.3 is 9.47 Å². The van der Waals surface area contributed by atoms with Crippen LogP contribution >= 0.6 is 0 Å². The molecular formula is C20H18N2O4. The Bertz CT molecular complexity index is 927. The quantitative estimate of drug-likeness (QED) is 0.624. The molecule has 0 saturated heterocycles. The third-order valence-corrected chi connectivity index (χ3v) is 4.87. The van der Waals surface area contributed by atoms with E-state index in [0.29, 0.717) is 11.3 Å². The first-order valence-electron chi connectivity index (χ1n) is 8.12. The van der Waals surface area contributed by atoms with Gasteiger partial charge in [-0.3, -0.25) is 14.6 Å². The largest absolute Gasteiger partial charge is 0.468 e. The summed E-state index contributed by atoms with van der Waals surface area (Å²) in [5.74, 6) is -1.22. The lowest BCUT2D eigenvalue weighted by Crippen LogP contribution is -2.42. The zero-order valence-corrected chi connectivity index (χ0v) is 14.8. The number of aromatic nitrogens is 1. The van der Waals surface area contributed by atoms with Crippen LogP contribution in [0.25, 0.3) is 11.3 Å². The molecule has 0 saturated carbocycles. The molecule has 6 nitrogen and oxygen atoms in total. The second kappa shape index (κ2) is 6.60. The maximum Gasteiger partial charge on any atom is 0.323 e. The Morgan fingerprint density at radius 2 is 1.81 bits per heavy atom. The second-order valence-electron chi connectivity index (χ2n) is 6.31. The van der Waals surface area contributed by atoms with E-state index in [1.54, 1.807) is 12.1 Å². The minimum absolute atomic E-state index is 0.187. The molecular weight excluding hydrogens is 332 g/mol. The predicted molar refractivity (Wildman–Crippen MR) is 93.0 cm³/mol. The zero-order valence-electron chi connectivity index (χ0n) is 14.8. The minimum Gasteiger partial charge on any atom is -0.468 e. The van der Waals surface area contributed by atoms with Crippen LogP contribution in [0.15, 0.2) is 30.3 Å². The first kappa shape index (κ1) is 17.6. The number of ether oxygens (including phenoxy) is 2. The minimum atomic E-state index is -1.38. The van der Waals surface area contributed by atoms with Crippen molar-refractivity contribution in [3.63, 3.8) is 0 Å². The summed E-state index contributed by atoms with van der Waals surface area (Å²) in [4.78, 5) is 29.4. The van der Waals surface area contributed by atoms with E-state index in [0.717, 1.165) is 22.4 Å². The van der Waals surface area contributed by atoms with Crippen LogP contribution < -0.4 is 0 Å². The summed E-state index contributed by atoms with van der Waals surface area (Å²) in [7, 11) is 2.52. The molecule has 0 unspecified atom stereocenters. The molecule has 0 bridgehead atoms. The molecule has 132 valence electrons. The van der Waals surface area contributed by atoms with Gasteiger partial charge in [-0.2, -0.15) is 5.26 Å². The Hall–Kier alpha value is -3.20. The Morgan fingerprint density at radius 3 is 2.42 bits per heavy atom. The van der Waals surface area contributed by atoms with E-state index in [-0.39, 0.29) is 12.8 Å². The van der Waals surface area contributed by atoms with Crippen molar-refractivity contribution in [3.05, 3.63) is 52.7 Å². The Kier molecular flexibility index (Phi) is 4.47. The van der Waals surface area contributed by atoms with Crippen molar-refractivity contribution in [1.82, 2.24) is 4.98 Å². The number of carbonyl (C=O) groups is 2. The number of hydrogen-bond donors (Lipinski definition) is 0. The first-order chi connectivity index (χ1) is 12.5. The average molecular weight is 350 g/mol. The molecule has 1 heterocycles. The van der Waals surface area contributed by atoms with Gasteiger partial charge in [-0.1, -0.05) is 18.2 Å². The van der Waals surface area contributed by atoms with Crippen LogP contribution in [-0.4, -0.2) is 31.1 Å². The molecule has 0 atom stereocenters. The molecule has 0 fully saturated rings.